The number of aromatic nitrogens is 4. The third-order valence-electron chi connectivity index (χ3n) is 11.6. The quantitative estimate of drug-likeness (QED) is 0.0994. The van der Waals surface area contributed by atoms with Crippen LogP contribution in [0, 0.1) is 5.92 Å². The van der Waals surface area contributed by atoms with Crippen LogP contribution in [0.4, 0.5) is 9.59 Å². The lowest BCUT2D eigenvalue weighted by atomic mass is 10.0. The van der Waals surface area contributed by atoms with Gasteiger partial charge in [0.15, 0.2) is 0 Å². The smallest absolute Gasteiger partial charge is 0.407 e. The maximum Gasteiger partial charge on any atom is 0.407 e. The number of fused-ring (bicyclic) bond motifs is 2. The number of ether oxygens (including phenoxy) is 2. The van der Waals surface area contributed by atoms with Crippen molar-refractivity contribution in [3.8, 4) is 33.6 Å². The molecule has 4 unspecified atom stereocenters. The van der Waals surface area contributed by atoms with E-state index in [-0.39, 0.29) is 29.8 Å². The van der Waals surface area contributed by atoms with Gasteiger partial charge in [-0.3, -0.25) is 9.59 Å². The third kappa shape index (κ3) is 7.59. The van der Waals surface area contributed by atoms with E-state index in [9.17, 15) is 19.2 Å². The Kier molecular flexibility index (Phi) is 11.4. The lowest BCUT2D eigenvalue weighted by molar-refractivity contribution is -0.135. The molecule has 0 radical (unpaired) electrons. The number of rotatable bonds is 11. The van der Waals surface area contributed by atoms with Crippen LogP contribution in [0.5, 0.6) is 0 Å². The molecule has 2 aliphatic rings. The minimum Gasteiger partial charge on any atom is -0.453 e. The zero-order chi connectivity index (χ0) is 42.4. The molecule has 0 saturated carbocycles. The lowest BCUT2D eigenvalue weighted by Gasteiger charge is -2.30. The van der Waals surface area contributed by atoms with Gasteiger partial charge in [-0.1, -0.05) is 44.2 Å². The van der Waals surface area contributed by atoms with Crippen LogP contribution >= 0.6 is 45.3 Å². The molecule has 9 rings (SSSR count). The first-order valence-electron chi connectivity index (χ1n) is 20.1. The summed E-state index contributed by atoms with van der Waals surface area (Å²) in [7, 11) is 2.58. The molecular formula is C43H44N8O6S4. The van der Waals surface area contributed by atoms with Gasteiger partial charge in [-0.2, -0.15) is 0 Å². The SMILES string of the molecule is COC(=O)NC(C(=O)N1CCCC1c1ncc(-c2csc3c(-c4csc5c(-c6cnc(C7CCCN7C(=O)C(NC(=O)OC)C(C)C)[nH]6)csc45)csc23)[nH]1)c1ccccc1. The average Bonchev–Trinajstić information content (AvgIpc) is 4.12. The molecule has 4 amide bonds. The number of aromatic amines is 2. The summed E-state index contributed by atoms with van der Waals surface area (Å²) in [5, 5.41) is 14.3. The number of benzene rings is 1. The highest BCUT2D eigenvalue weighted by atomic mass is 32.1. The molecule has 61 heavy (non-hydrogen) atoms. The van der Waals surface area contributed by atoms with Gasteiger partial charge in [0.25, 0.3) is 5.91 Å². The van der Waals surface area contributed by atoms with Crippen LogP contribution in [0.15, 0.2) is 64.2 Å². The minimum atomic E-state index is -0.883. The number of carbonyl (C=O) groups is 4. The van der Waals surface area contributed by atoms with E-state index in [4.69, 9.17) is 19.4 Å². The van der Waals surface area contributed by atoms with Crippen molar-refractivity contribution in [3.05, 3.63) is 81.5 Å². The van der Waals surface area contributed by atoms with Gasteiger partial charge in [-0.05, 0) is 37.2 Å². The van der Waals surface area contributed by atoms with Gasteiger partial charge in [0.05, 0.1) is 68.9 Å². The van der Waals surface area contributed by atoms with E-state index in [2.05, 4.69) is 42.1 Å². The summed E-state index contributed by atoms with van der Waals surface area (Å²) >= 11 is 6.86. The van der Waals surface area contributed by atoms with Crippen LogP contribution in [0.2, 0.25) is 0 Å². The van der Waals surface area contributed by atoms with E-state index in [1.54, 1.807) is 45.3 Å². The Morgan fingerprint density at radius 1 is 0.672 bits per heavy atom. The molecular weight excluding hydrogens is 853 g/mol. The summed E-state index contributed by atoms with van der Waals surface area (Å²) in [5.74, 6) is 1.01. The van der Waals surface area contributed by atoms with E-state index in [1.807, 2.05) is 66.4 Å². The molecule has 1 aromatic carbocycles. The number of nitrogens with zero attached hydrogens (tertiary/aromatic N) is 4. The Morgan fingerprint density at radius 3 is 1.62 bits per heavy atom. The number of carbonyl (C=O) groups excluding carboxylic acids is 4. The van der Waals surface area contributed by atoms with Crippen molar-refractivity contribution in [1.82, 2.24) is 40.4 Å². The molecule has 14 nitrogen and oxygen atoms in total. The highest BCUT2D eigenvalue weighted by Crippen LogP contribution is 2.50. The van der Waals surface area contributed by atoms with Gasteiger partial charge in [-0.15, -0.1) is 45.3 Å². The molecule has 2 fully saturated rings. The number of hydrogen-bond acceptors (Lipinski definition) is 12. The Morgan fingerprint density at radius 2 is 1.13 bits per heavy atom. The van der Waals surface area contributed by atoms with Crippen molar-refractivity contribution in [3.63, 3.8) is 0 Å². The highest BCUT2D eigenvalue weighted by Gasteiger charge is 2.39. The van der Waals surface area contributed by atoms with E-state index >= 15 is 0 Å². The first kappa shape index (κ1) is 40.8. The predicted molar refractivity (Wildman–Crippen MR) is 240 cm³/mol. The number of thiophene rings is 4. The summed E-state index contributed by atoms with van der Waals surface area (Å²) in [6.07, 6.45) is 5.63. The fourth-order valence-electron chi connectivity index (χ4n) is 8.45. The molecule has 2 aliphatic heterocycles. The van der Waals surface area contributed by atoms with Crippen molar-refractivity contribution in [2.75, 3.05) is 27.3 Å². The number of likely N-dealkylation sites (tertiary alicyclic amines) is 2. The average molecular weight is 897 g/mol. The van der Waals surface area contributed by atoms with Crippen LogP contribution in [0.25, 0.3) is 52.4 Å². The number of H-pyrrole nitrogens is 2. The Bertz CT molecular complexity index is 2730. The Labute approximate surface area is 367 Å². The molecule has 6 aromatic heterocycles. The fourth-order valence-corrected chi connectivity index (χ4v) is 13.3. The molecule has 0 bridgehead atoms. The van der Waals surface area contributed by atoms with Crippen LogP contribution in [-0.2, 0) is 19.1 Å². The molecule has 4 N–H and O–H groups in total. The topological polar surface area (TPSA) is 175 Å². The summed E-state index contributed by atoms with van der Waals surface area (Å²) in [5.41, 5.74) is 7.03. The van der Waals surface area contributed by atoms with Gasteiger partial charge in [0, 0.05) is 56.9 Å². The van der Waals surface area contributed by atoms with Gasteiger partial charge < -0.3 is 39.9 Å². The van der Waals surface area contributed by atoms with Crippen LogP contribution in [0.1, 0.15) is 74.9 Å². The standard InChI is InChI=1S/C43H44N8O6S4/c1-22(2)32(48-42(54)56-3)40(52)50-14-8-12-30(50)38-44-16-28(46-38)26-20-60-34-24(18-58-36(26)34)25-19-59-37-27(21-61-35(25)37)29-17-45-39(47-29)31-13-9-15-51(31)41(53)33(49-43(55)57-4)23-10-6-5-7-11-23/h5-7,10-11,16-22,30-33H,8-9,12-15H2,1-4H3,(H,44,46)(H,45,47)(H,48,54)(H,49,55). The van der Waals surface area contributed by atoms with Crippen molar-refractivity contribution < 1.29 is 28.7 Å². The van der Waals surface area contributed by atoms with Crippen molar-refractivity contribution in [2.24, 2.45) is 5.92 Å². The molecule has 18 heteroatoms. The molecule has 0 spiro atoms. The highest BCUT2D eigenvalue weighted by molar-refractivity contribution is 7.29. The third-order valence-corrected chi connectivity index (χ3v) is 15.9. The zero-order valence-electron chi connectivity index (χ0n) is 33.9. The fraction of sp³-hybridized carbons (Fsp3) is 0.349. The first-order valence-corrected chi connectivity index (χ1v) is 23.6. The van der Waals surface area contributed by atoms with Crippen LogP contribution in [0.3, 0.4) is 0 Å². The zero-order valence-corrected chi connectivity index (χ0v) is 37.1. The largest absolute Gasteiger partial charge is 0.453 e. The molecule has 7 aromatic rings. The normalized spacial score (nSPS) is 17.7. The summed E-state index contributed by atoms with van der Waals surface area (Å²) in [6.45, 7) is 4.97. The lowest BCUT2D eigenvalue weighted by Crippen LogP contribution is -2.51. The molecule has 316 valence electrons. The number of imidazole rings is 2. The van der Waals surface area contributed by atoms with Crippen LogP contribution in [-0.4, -0.2) is 87.1 Å². The second-order valence-corrected chi connectivity index (χ2v) is 19.0. The van der Waals surface area contributed by atoms with Gasteiger partial charge in [-0.25, -0.2) is 19.6 Å². The van der Waals surface area contributed by atoms with E-state index in [0.29, 0.717) is 18.7 Å². The van der Waals surface area contributed by atoms with E-state index in [1.165, 1.54) is 44.1 Å². The van der Waals surface area contributed by atoms with Crippen molar-refractivity contribution in [2.45, 2.75) is 63.7 Å². The summed E-state index contributed by atoms with van der Waals surface area (Å²) in [6, 6.07) is 7.17. The van der Waals surface area contributed by atoms with Gasteiger partial charge >= 0.3 is 12.2 Å². The van der Waals surface area contributed by atoms with E-state index < -0.39 is 24.3 Å². The molecule has 4 atom stereocenters. The maximum absolute atomic E-state index is 14.0. The summed E-state index contributed by atoms with van der Waals surface area (Å²) in [4.78, 5) is 72.4. The van der Waals surface area contributed by atoms with Gasteiger partial charge in [0.2, 0.25) is 5.91 Å². The minimum absolute atomic E-state index is 0.110. The monoisotopic (exact) mass is 896 g/mol. The predicted octanol–water partition coefficient (Wildman–Crippen LogP) is 9.49. The van der Waals surface area contributed by atoms with Gasteiger partial charge in [0.1, 0.15) is 23.7 Å². The molecule has 8 heterocycles. The van der Waals surface area contributed by atoms with E-state index in [0.717, 1.165) is 59.8 Å². The number of nitrogens with one attached hydrogen (secondary N) is 4. The van der Waals surface area contributed by atoms with Crippen LogP contribution < -0.4 is 10.6 Å². The number of hydrogen-bond donors (Lipinski definition) is 4. The first-order chi connectivity index (χ1) is 29.6. The molecule has 0 aliphatic carbocycles. The molecule has 2 saturated heterocycles. The second-order valence-electron chi connectivity index (χ2n) is 15.5. The van der Waals surface area contributed by atoms with Crippen molar-refractivity contribution in [1.29, 1.82) is 0 Å². The number of alkyl carbamates (subject to hydrolysis) is 2. The Hall–Kier alpha value is -5.56. The van der Waals surface area contributed by atoms with Crippen molar-refractivity contribution >= 4 is 88.1 Å². The number of methoxy groups -OCH3 is 2. The second kappa shape index (κ2) is 17.1. The number of amides is 4. The Balaban J connectivity index is 0.936. The summed E-state index contributed by atoms with van der Waals surface area (Å²) < 4.78 is 14.4. The maximum atomic E-state index is 14.0.